The number of sulfonamides is 1. The standard InChI is InChI=1S/C10H18N4O3S/c1-4-18(15,16)14-5-8(7-17-3)10-9(6-14)11-12-13(10)2/h8H,4-7H2,1-3H3. The molecule has 2 rings (SSSR count). The van der Waals surface area contributed by atoms with E-state index in [0.29, 0.717) is 19.7 Å². The van der Waals surface area contributed by atoms with E-state index in [2.05, 4.69) is 10.3 Å². The molecule has 0 fully saturated rings. The Kier molecular flexibility index (Phi) is 3.69. The van der Waals surface area contributed by atoms with Gasteiger partial charge in [-0.05, 0) is 6.92 Å². The van der Waals surface area contributed by atoms with Crippen molar-refractivity contribution in [3.8, 4) is 0 Å². The molecule has 1 aliphatic heterocycles. The molecule has 0 saturated heterocycles. The molecule has 0 saturated carbocycles. The molecule has 102 valence electrons. The monoisotopic (exact) mass is 274 g/mol. The first kappa shape index (κ1) is 13.4. The summed E-state index contributed by atoms with van der Waals surface area (Å²) in [4.78, 5) is 0. The molecule has 1 aromatic heterocycles. The van der Waals surface area contributed by atoms with Gasteiger partial charge in [0.25, 0.3) is 0 Å². The van der Waals surface area contributed by atoms with Crippen LogP contribution in [0.1, 0.15) is 24.2 Å². The van der Waals surface area contributed by atoms with E-state index in [1.807, 2.05) is 7.05 Å². The van der Waals surface area contributed by atoms with Gasteiger partial charge in [0.2, 0.25) is 10.0 Å². The fourth-order valence-corrected chi connectivity index (χ4v) is 3.40. The number of aryl methyl sites for hydroxylation is 1. The number of aromatic nitrogens is 3. The lowest BCUT2D eigenvalue weighted by Gasteiger charge is -2.30. The topological polar surface area (TPSA) is 77.3 Å². The molecule has 0 aliphatic carbocycles. The van der Waals surface area contributed by atoms with Gasteiger partial charge >= 0.3 is 0 Å². The van der Waals surface area contributed by atoms with Crippen molar-refractivity contribution in [1.82, 2.24) is 19.3 Å². The van der Waals surface area contributed by atoms with Gasteiger partial charge in [0.15, 0.2) is 0 Å². The molecule has 18 heavy (non-hydrogen) atoms. The average Bonchev–Trinajstić information content (AvgIpc) is 2.72. The zero-order valence-electron chi connectivity index (χ0n) is 10.8. The van der Waals surface area contributed by atoms with E-state index >= 15 is 0 Å². The molecule has 8 heteroatoms. The molecule has 7 nitrogen and oxygen atoms in total. The summed E-state index contributed by atoms with van der Waals surface area (Å²) in [7, 11) is 0.221. The number of hydrogen-bond acceptors (Lipinski definition) is 5. The van der Waals surface area contributed by atoms with Crippen molar-refractivity contribution >= 4 is 10.0 Å². The number of fused-ring (bicyclic) bond motifs is 1. The zero-order chi connectivity index (χ0) is 13.3. The predicted molar refractivity (Wildman–Crippen MR) is 65.5 cm³/mol. The Morgan fingerprint density at radius 2 is 2.22 bits per heavy atom. The zero-order valence-corrected chi connectivity index (χ0v) is 11.6. The Hall–Kier alpha value is -0.990. The number of ether oxygens (including phenoxy) is 1. The fourth-order valence-electron chi connectivity index (χ4n) is 2.31. The van der Waals surface area contributed by atoms with Crippen LogP contribution in [0.5, 0.6) is 0 Å². The van der Waals surface area contributed by atoms with E-state index in [0.717, 1.165) is 11.4 Å². The summed E-state index contributed by atoms with van der Waals surface area (Å²) in [6, 6.07) is 0. The Morgan fingerprint density at radius 3 is 2.83 bits per heavy atom. The van der Waals surface area contributed by atoms with E-state index in [4.69, 9.17) is 4.74 Å². The van der Waals surface area contributed by atoms with Crippen molar-refractivity contribution in [2.45, 2.75) is 19.4 Å². The SMILES string of the molecule is CCS(=O)(=O)N1Cc2nnn(C)c2C(COC)C1. The van der Waals surface area contributed by atoms with Gasteiger partial charge < -0.3 is 4.74 Å². The summed E-state index contributed by atoms with van der Waals surface area (Å²) in [5.41, 5.74) is 1.70. The first-order valence-electron chi connectivity index (χ1n) is 5.84. The normalized spacial score (nSPS) is 20.9. The summed E-state index contributed by atoms with van der Waals surface area (Å²) in [5, 5.41) is 8.00. The second-order valence-corrected chi connectivity index (χ2v) is 6.65. The molecule has 0 bridgehead atoms. The molecule has 0 aromatic carbocycles. The van der Waals surface area contributed by atoms with Crippen LogP contribution < -0.4 is 0 Å². The van der Waals surface area contributed by atoms with Crippen LogP contribution in [-0.2, 0) is 28.4 Å². The number of methoxy groups -OCH3 is 1. The highest BCUT2D eigenvalue weighted by Crippen LogP contribution is 2.28. The van der Waals surface area contributed by atoms with E-state index in [1.165, 1.54) is 4.31 Å². The summed E-state index contributed by atoms with van der Waals surface area (Å²) in [6.45, 7) is 2.84. The third-order valence-electron chi connectivity index (χ3n) is 3.21. The maximum absolute atomic E-state index is 12.0. The van der Waals surface area contributed by atoms with Crippen molar-refractivity contribution in [2.75, 3.05) is 26.0 Å². The van der Waals surface area contributed by atoms with Gasteiger partial charge in [0.1, 0.15) is 5.69 Å². The molecule has 1 aromatic rings. The third-order valence-corrected chi connectivity index (χ3v) is 5.00. The first-order chi connectivity index (χ1) is 8.49. The minimum Gasteiger partial charge on any atom is -0.384 e. The number of nitrogens with zero attached hydrogens (tertiary/aromatic N) is 4. The Bertz CT molecular complexity index is 525. The molecule has 0 spiro atoms. The minimum absolute atomic E-state index is 0.0138. The van der Waals surface area contributed by atoms with Crippen molar-refractivity contribution in [3.63, 3.8) is 0 Å². The third kappa shape index (κ3) is 2.27. The smallest absolute Gasteiger partial charge is 0.214 e. The van der Waals surface area contributed by atoms with E-state index in [9.17, 15) is 8.42 Å². The lowest BCUT2D eigenvalue weighted by molar-refractivity contribution is 0.159. The lowest BCUT2D eigenvalue weighted by atomic mass is 10.0. The molecule has 0 radical (unpaired) electrons. The molecule has 0 N–H and O–H groups in total. The lowest BCUT2D eigenvalue weighted by Crippen LogP contribution is -2.40. The van der Waals surface area contributed by atoms with Crippen LogP contribution in [0.15, 0.2) is 0 Å². The van der Waals surface area contributed by atoms with Gasteiger partial charge in [0, 0.05) is 26.6 Å². The van der Waals surface area contributed by atoms with Gasteiger partial charge in [0.05, 0.1) is 24.6 Å². The highest BCUT2D eigenvalue weighted by molar-refractivity contribution is 7.89. The number of hydrogen-bond donors (Lipinski definition) is 0. The van der Waals surface area contributed by atoms with Gasteiger partial charge in [-0.2, -0.15) is 4.31 Å². The minimum atomic E-state index is -3.21. The second-order valence-electron chi connectivity index (χ2n) is 4.39. The quantitative estimate of drug-likeness (QED) is 0.754. The maximum Gasteiger partial charge on any atom is 0.214 e. The van der Waals surface area contributed by atoms with Crippen molar-refractivity contribution < 1.29 is 13.2 Å². The highest BCUT2D eigenvalue weighted by Gasteiger charge is 2.34. The van der Waals surface area contributed by atoms with E-state index < -0.39 is 10.0 Å². The molecule has 1 atom stereocenters. The fraction of sp³-hybridized carbons (Fsp3) is 0.800. The van der Waals surface area contributed by atoms with E-state index in [1.54, 1.807) is 18.7 Å². The van der Waals surface area contributed by atoms with Crippen LogP contribution in [0.3, 0.4) is 0 Å². The van der Waals surface area contributed by atoms with Crippen LogP contribution in [0, 0.1) is 0 Å². The second kappa shape index (κ2) is 4.94. The predicted octanol–water partition coefficient (Wildman–Crippen LogP) is -0.290. The van der Waals surface area contributed by atoms with Crippen LogP contribution in [0.4, 0.5) is 0 Å². The molecule has 2 heterocycles. The summed E-state index contributed by atoms with van der Waals surface area (Å²) in [5.74, 6) is 0.0857. The maximum atomic E-state index is 12.0. The average molecular weight is 274 g/mol. The highest BCUT2D eigenvalue weighted by atomic mass is 32.2. The Labute approximate surface area is 107 Å². The largest absolute Gasteiger partial charge is 0.384 e. The van der Waals surface area contributed by atoms with Crippen LogP contribution in [0.2, 0.25) is 0 Å². The first-order valence-corrected chi connectivity index (χ1v) is 7.45. The molecular formula is C10H18N4O3S. The Balaban J connectivity index is 2.35. The van der Waals surface area contributed by atoms with E-state index in [-0.39, 0.29) is 11.7 Å². The summed E-state index contributed by atoms with van der Waals surface area (Å²) < 4.78 is 32.2. The molecule has 1 unspecified atom stereocenters. The summed E-state index contributed by atoms with van der Waals surface area (Å²) in [6.07, 6.45) is 0. The Morgan fingerprint density at radius 1 is 1.50 bits per heavy atom. The van der Waals surface area contributed by atoms with Crippen molar-refractivity contribution in [1.29, 1.82) is 0 Å². The summed E-state index contributed by atoms with van der Waals surface area (Å²) >= 11 is 0. The van der Waals surface area contributed by atoms with Crippen molar-refractivity contribution in [2.24, 2.45) is 7.05 Å². The van der Waals surface area contributed by atoms with Crippen molar-refractivity contribution in [3.05, 3.63) is 11.4 Å². The van der Waals surface area contributed by atoms with Gasteiger partial charge in [-0.3, -0.25) is 4.68 Å². The number of rotatable bonds is 4. The van der Waals surface area contributed by atoms with Gasteiger partial charge in [-0.25, -0.2) is 8.42 Å². The molecule has 1 aliphatic rings. The molecular weight excluding hydrogens is 256 g/mol. The van der Waals surface area contributed by atoms with Crippen LogP contribution in [0.25, 0.3) is 0 Å². The van der Waals surface area contributed by atoms with Gasteiger partial charge in [-0.15, -0.1) is 5.10 Å². The van der Waals surface area contributed by atoms with Crippen LogP contribution >= 0.6 is 0 Å². The van der Waals surface area contributed by atoms with Crippen LogP contribution in [-0.4, -0.2) is 53.7 Å². The molecule has 0 amide bonds. The van der Waals surface area contributed by atoms with Gasteiger partial charge in [-0.1, -0.05) is 5.21 Å².